The van der Waals surface area contributed by atoms with Crippen LogP contribution in [0.3, 0.4) is 0 Å². The van der Waals surface area contributed by atoms with Gasteiger partial charge >= 0.3 is 5.51 Å². The fourth-order valence-corrected chi connectivity index (χ4v) is 3.40. The summed E-state index contributed by atoms with van der Waals surface area (Å²) in [5.74, 6) is 0.0198. The summed E-state index contributed by atoms with van der Waals surface area (Å²) in [6.45, 7) is 4.56. The molecule has 0 amide bonds. The fraction of sp³-hybridized carbons (Fsp3) is 0.571. The highest BCUT2D eigenvalue weighted by Gasteiger charge is 2.38. The molecule has 0 heterocycles. The number of nitrogens with one attached hydrogen (secondary N) is 1. The lowest BCUT2D eigenvalue weighted by molar-refractivity contribution is -0.0327. The molecule has 1 aromatic rings. The molecule has 0 saturated carbocycles. The first-order valence-electron chi connectivity index (χ1n) is 6.41. The Hall–Kier alpha value is -0.390. The maximum absolute atomic E-state index is 12.1. The van der Waals surface area contributed by atoms with Gasteiger partial charge in [-0.15, -0.1) is 0 Å². The Balaban J connectivity index is 2.02. The lowest BCUT2D eigenvalue weighted by atomic mass is 9.85. The Morgan fingerprint density at radius 2 is 2.10 bits per heavy atom. The molecule has 0 aromatic heterocycles. The van der Waals surface area contributed by atoms with Gasteiger partial charge in [0.05, 0.1) is 0 Å². The molecular formula is C14H17ClF3NS. The van der Waals surface area contributed by atoms with Crippen molar-refractivity contribution in [3.8, 4) is 0 Å². The Bertz CT molecular complexity index is 488. The van der Waals surface area contributed by atoms with Crippen molar-refractivity contribution in [1.29, 1.82) is 0 Å². The highest BCUT2D eigenvalue weighted by Crippen LogP contribution is 2.45. The van der Waals surface area contributed by atoms with Gasteiger partial charge in [0.2, 0.25) is 0 Å². The molecular weight excluding hydrogens is 307 g/mol. The van der Waals surface area contributed by atoms with Gasteiger partial charge in [0.25, 0.3) is 0 Å². The number of fused-ring (bicyclic) bond motifs is 1. The van der Waals surface area contributed by atoms with Crippen molar-refractivity contribution < 1.29 is 13.2 Å². The third-order valence-electron chi connectivity index (χ3n) is 3.56. The van der Waals surface area contributed by atoms with E-state index in [1.165, 1.54) is 5.56 Å². The van der Waals surface area contributed by atoms with Crippen molar-refractivity contribution in [3.63, 3.8) is 0 Å². The van der Waals surface area contributed by atoms with E-state index in [2.05, 4.69) is 19.2 Å². The molecule has 1 atom stereocenters. The van der Waals surface area contributed by atoms with Crippen LogP contribution in [0.4, 0.5) is 13.2 Å². The van der Waals surface area contributed by atoms with E-state index in [9.17, 15) is 13.2 Å². The van der Waals surface area contributed by atoms with E-state index in [1.54, 1.807) is 0 Å². The Morgan fingerprint density at radius 1 is 1.40 bits per heavy atom. The first kappa shape index (κ1) is 16.0. The zero-order chi connectivity index (χ0) is 15.0. The molecule has 1 aliphatic carbocycles. The second-order valence-electron chi connectivity index (χ2n) is 5.69. The molecule has 1 N–H and O–H groups in total. The van der Waals surface area contributed by atoms with Gasteiger partial charge in [0.1, 0.15) is 0 Å². The van der Waals surface area contributed by atoms with E-state index in [0.717, 1.165) is 12.0 Å². The number of hydrogen-bond donors (Lipinski definition) is 1. The number of hydrogen-bond acceptors (Lipinski definition) is 2. The second-order valence-corrected chi connectivity index (χ2v) is 7.29. The van der Waals surface area contributed by atoms with E-state index in [1.807, 2.05) is 18.2 Å². The second kappa shape index (κ2) is 5.78. The topological polar surface area (TPSA) is 12.0 Å². The maximum atomic E-state index is 12.1. The van der Waals surface area contributed by atoms with Crippen LogP contribution in [0.15, 0.2) is 18.2 Å². The van der Waals surface area contributed by atoms with Gasteiger partial charge in [-0.2, -0.15) is 13.2 Å². The summed E-state index contributed by atoms with van der Waals surface area (Å²) in [6, 6.07) is 5.83. The number of benzene rings is 1. The number of alkyl halides is 3. The SMILES string of the molecule is CC1(C)Cc2ccc(Cl)cc2C1NCCSC(F)(F)F. The van der Waals surface area contributed by atoms with Crippen LogP contribution in [-0.4, -0.2) is 17.8 Å². The fourth-order valence-electron chi connectivity index (χ4n) is 2.77. The summed E-state index contributed by atoms with van der Waals surface area (Å²) in [4.78, 5) is 0. The predicted molar refractivity (Wildman–Crippen MR) is 78.2 cm³/mol. The van der Waals surface area contributed by atoms with Crippen molar-refractivity contribution in [2.45, 2.75) is 31.8 Å². The molecule has 0 spiro atoms. The molecule has 0 radical (unpaired) electrons. The van der Waals surface area contributed by atoms with Crippen LogP contribution in [0, 0.1) is 5.41 Å². The predicted octanol–water partition coefficient (Wildman–Crippen LogP) is 4.81. The first-order chi connectivity index (χ1) is 9.19. The van der Waals surface area contributed by atoms with Crippen LogP contribution >= 0.6 is 23.4 Å². The number of halogens is 4. The van der Waals surface area contributed by atoms with Crippen LogP contribution in [0.25, 0.3) is 0 Å². The van der Waals surface area contributed by atoms with Crippen molar-refractivity contribution in [1.82, 2.24) is 5.32 Å². The Morgan fingerprint density at radius 3 is 2.75 bits per heavy atom. The van der Waals surface area contributed by atoms with Gasteiger partial charge in [-0.3, -0.25) is 0 Å². The van der Waals surface area contributed by atoms with E-state index >= 15 is 0 Å². The lowest BCUT2D eigenvalue weighted by Crippen LogP contribution is -2.32. The number of thioether (sulfide) groups is 1. The standard InChI is InChI=1S/C14H17ClF3NS/c1-13(2)8-9-3-4-10(15)7-11(9)12(13)19-5-6-20-14(16,17)18/h3-4,7,12,19H,5-6,8H2,1-2H3. The minimum Gasteiger partial charge on any atom is -0.309 e. The molecule has 0 aliphatic heterocycles. The summed E-state index contributed by atoms with van der Waals surface area (Å²) in [5.41, 5.74) is -1.84. The zero-order valence-corrected chi connectivity index (χ0v) is 12.9. The van der Waals surface area contributed by atoms with Crippen LogP contribution in [0.1, 0.15) is 31.0 Å². The Kier molecular flexibility index (Phi) is 4.62. The summed E-state index contributed by atoms with van der Waals surface area (Å²) < 4.78 is 36.4. The molecule has 1 aliphatic rings. The monoisotopic (exact) mass is 323 g/mol. The average Bonchev–Trinajstić information content (AvgIpc) is 2.54. The molecule has 20 heavy (non-hydrogen) atoms. The van der Waals surface area contributed by atoms with Crippen LogP contribution in [0.2, 0.25) is 5.02 Å². The van der Waals surface area contributed by atoms with Crippen molar-refractivity contribution in [3.05, 3.63) is 34.3 Å². The molecule has 1 unspecified atom stereocenters. The van der Waals surface area contributed by atoms with Gasteiger partial charge in [-0.25, -0.2) is 0 Å². The molecule has 1 aromatic carbocycles. The normalized spacial score (nSPS) is 21.0. The molecule has 2 rings (SSSR count). The van der Waals surface area contributed by atoms with Crippen LogP contribution in [-0.2, 0) is 6.42 Å². The van der Waals surface area contributed by atoms with Crippen molar-refractivity contribution in [2.75, 3.05) is 12.3 Å². The lowest BCUT2D eigenvalue weighted by Gasteiger charge is -2.28. The smallest absolute Gasteiger partial charge is 0.309 e. The summed E-state index contributed by atoms with van der Waals surface area (Å²) in [7, 11) is 0. The van der Waals surface area contributed by atoms with Crippen LogP contribution in [0.5, 0.6) is 0 Å². The van der Waals surface area contributed by atoms with E-state index in [4.69, 9.17) is 11.6 Å². The quantitative estimate of drug-likeness (QED) is 0.798. The Labute approximate surface area is 126 Å². The maximum Gasteiger partial charge on any atom is 0.441 e. The van der Waals surface area contributed by atoms with Gasteiger partial charge in [-0.1, -0.05) is 31.5 Å². The largest absolute Gasteiger partial charge is 0.441 e. The van der Waals surface area contributed by atoms with Gasteiger partial charge in [0.15, 0.2) is 0 Å². The summed E-state index contributed by atoms with van der Waals surface area (Å²) in [5, 5.41) is 3.91. The van der Waals surface area contributed by atoms with Gasteiger partial charge < -0.3 is 5.32 Å². The van der Waals surface area contributed by atoms with E-state index < -0.39 is 5.51 Å². The van der Waals surface area contributed by atoms with Gasteiger partial charge in [-0.05, 0) is 46.9 Å². The first-order valence-corrected chi connectivity index (χ1v) is 7.78. The molecule has 0 saturated heterocycles. The number of rotatable bonds is 4. The van der Waals surface area contributed by atoms with Crippen molar-refractivity contribution in [2.24, 2.45) is 5.41 Å². The summed E-state index contributed by atoms with van der Waals surface area (Å²) >= 11 is 6.04. The third kappa shape index (κ3) is 3.83. The highest BCUT2D eigenvalue weighted by molar-refractivity contribution is 8.00. The summed E-state index contributed by atoms with van der Waals surface area (Å²) in [6.07, 6.45) is 0.906. The van der Waals surface area contributed by atoms with Crippen molar-refractivity contribution >= 4 is 23.4 Å². The van der Waals surface area contributed by atoms with Crippen LogP contribution < -0.4 is 5.32 Å². The highest BCUT2D eigenvalue weighted by atomic mass is 35.5. The molecule has 112 valence electrons. The van der Waals surface area contributed by atoms with E-state index in [0.29, 0.717) is 11.6 Å². The molecule has 0 fully saturated rings. The minimum absolute atomic E-state index is 0.0130. The average molecular weight is 324 g/mol. The van der Waals surface area contributed by atoms with E-state index in [-0.39, 0.29) is 29.0 Å². The molecule has 0 bridgehead atoms. The molecule has 6 heteroatoms. The third-order valence-corrected chi connectivity index (χ3v) is 4.53. The zero-order valence-electron chi connectivity index (χ0n) is 11.4. The van der Waals surface area contributed by atoms with Gasteiger partial charge in [0, 0.05) is 23.4 Å². The molecule has 1 nitrogen and oxygen atoms in total. The minimum atomic E-state index is -4.16.